The highest BCUT2D eigenvalue weighted by Gasteiger charge is 2.60. The number of esters is 4. The van der Waals surface area contributed by atoms with Crippen molar-refractivity contribution in [3.63, 3.8) is 0 Å². The van der Waals surface area contributed by atoms with E-state index in [-0.39, 0.29) is 49.8 Å². The number of ether oxygens (including phenoxy) is 4. The van der Waals surface area contributed by atoms with E-state index in [1.807, 2.05) is 6.92 Å². The average Bonchev–Trinajstić information content (AvgIpc) is 2.91. The fraction of sp³-hybridized carbons (Fsp3) is 0.800. The topological polar surface area (TPSA) is 105 Å². The minimum atomic E-state index is -0.902. The van der Waals surface area contributed by atoms with Crippen LogP contribution in [0.5, 0.6) is 0 Å². The molecule has 8 heteroatoms. The zero-order valence-electron chi connectivity index (χ0n) is 17.1. The molecular weight excluding hydrogens is 368 g/mol. The number of rotatable bonds is 9. The van der Waals surface area contributed by atoms with Crippen molar-refractivity contribution in [3.8, 4) is 0 Å². The molecule has 1 saturated heterocycles. The average molecular weight is 398 g/mol. The van der Waals surface area contributed by atoms with Crippen LogP contribution in [0.1, 0.15) is 66.2 Å². The van der Waals surface area contributed by atoms with Gasteiger partial charge in [0, 0.05) is 6.42 Å². The Morgan fingerprint density at radius 2 is 1.79 bits per heavy atom. The van der Waals surface area contributed by atoms with Gasteiger partial charge in [-0.1, -0.05) is 13.8 Å². The Bertz CT molecular complexity index is 630. The summed E-state index contributed by atoms with van der Waals surface area (Å²) in [5.41, 5.74) is -1.73. The quantitative estimate of drug-likeness (QED) is 0.331. The van der Waals surface area contributed by atoms with Gasteiger partial charge < -0.3 is 18.9 Å². The normalized spacial score (nSPS) is 29.6. The molecule has 0 N–H and O–H groups in total. The van der Waals surface area contributed by atoms with Gasteiger partial charge in [-0.3, -0.25) is 19.2 Å². The summed E-state index contributed by atoms with van der Waals surface area (Å²) in [6.07, 6.45) is 2.11. The predicted molar refractivity (Wildman–Crippen MR) is 96.9 cm³/mol. The summed E-state index contributed by atoms with van der Waals surface area (Å²) in [4.78, 5) is 47.3. The van der Waals surface area contributed by atoms with Gasteiger partial charge >= 0.3 is 23.9 Å². The van der Waals surface area contributed by atoms with Gasteiger partial charge in [0.15, 0.2) is 0 Å². The van der Waals surface area contributed by atoms with Crippen molar-refractivity contribution < 1.29 is 38.1 Å². The fourth-order valence-electron chi connectivity index (χ4n) is 3.50. The Hall–Kier alpha value is -2.12. The van der Waals surface area contributed by atoms with Crippen LogP contribution in [0.2, 0.25) is 0 Å². The van der Waals surface area contributed by atoms with Crippen LogP contribution < -0.4 is 0 Å². The van der Waals surface area contributed by atoms with Crippen LogP contribution in [0.25, 0.3) is 0 Å². The second-order valence-electron chi connectivity index (χ2n) is 7.99. The van der Waals surface area contributed by atoms with E-state index in [0.29, 0.717) is 25.7 Å². The van der Waals surface area contributed by atoms with Crippen LogP contribution in [0.3, 0.4) is 0 Å². The zero-order valence-corrected chi connectivity index (χ0v) is 17.1. The summed E-state index contributed by atoms with van der Waals surface area (Å²) in [6, 6.07) is 0. The van der Waals surface area contributed by atoms with Crippen molar-refractivity contribution >= 4 is 23.9 Å². The molecule has 2 fully saturated rings. The van der Waals surface area contributed by atoms with Gasteiger partial charge in [-0.15, -0.1) is 0 Å². The van der Waals surface area contributed by atoms with Gasteiger partial charge in [-0.2, -0.15) is 0 Å². The van der Waals surface area contributed by atoms with E-state index in [4.69, 9.17) is 18.9 Å². The summed E-state index contributed by atoms with van der Waals surface area (Å²) in [6.45, 7) is 7.13. The lowest BCUT2D eigenvalue weighted by atomic mass is 9.71. The summed E-state index contributed by atoms with van der Waals surface area (Å²) in [7, 11) is 0. The highest BCUT2D eigenvalue weighted by atomic mass is 16.6. The van der Waals surface area contributed by atoms with Gasteiger partial charge in [0.05, 0.1) is 24.7 Å². The Balaban J connectivity index is 1.69. The van der Waals surface area contributed by atoms with Crippen molar-refractivity contribution in [2.24, 2.45) is 11.8 Å². The minimum absolute atomic E-state index is 0.0116. The maximum Gasteiger partial charge on any atom is 0.309 e. The maximum absolute atomic E-state index is 12.2. The van der Waals surface area contributed by atoms with Crippen molar-refractivity contribution in [1.82, 2.24) is 0 Å². The molecule has 1 aliphatic carbocycles. The van der Waals surface area contributed by atoms with Crippen LogP contribution in [0.4, 0.5) is 0 Å². The highest BCUT2D eigenvalue weighted by Crippen LogP contribution is 2.50. The van der Waals surface area contributed by atoms with Crippen molar-refractivity contribution in [1.29, 1.82) is 0 Å². The monoisotopic (exact) mass is 398 g/mol. The van der Waals surface area contributed by atoms with E-state index < -0.39 is 23.1 Å². The van der Waals surface area contributed by atoms with E-state index in [1.54, 1.807) is 20.8 Å². The molecule has 8 nitrogen and oxygen atoms in total. The molecule has 0 aromatic carbocycles. The molecule has 4 unspecified atom stereocenters. The second-order valence-corrected chi connectivity index (χ2v) is 7.99. The molecular formula is C20H30O8. The summed E-state index contributed by atoms with van der Waals surface area (Å²) >= 11 is 0. The summed E-state index contributed by atoms with van der Waals surface area (Å²) < 4.78 is 21.0. The van der Waals surface area contributed by atoms with E-state index in [2.05, 4.69) is 0 Å². The van der Waals surface area contributed by atoms with Crippen molar-refractivity contribution in [2.75, 3.05) is 13.2 Å². The van der Waals surface area contributed by atoms with Crippen LogP contribution in [0, 0.1) is 11.8 Å². The molecule has 0 amide bonds. The van der Waals surface area contributed by atoms with Gasteiger partial charge in [0.25, 0.3) is 0 Å². The molecule has 0 spiro atoms. The molecule has 1 heterocycles. The Kier molecular flexibility index (Phi) is 7.06. The predicted octanol–water partition coefficient (Wildman–Crippen LogP) is 2.32. The molecule has 2 rings (SSSR count). The van der Waals surface area contributed by atoms with Crippen molar-refractivity contribution in [2.45, 2.75) is 77.4 Å². The summed E-state index contributed by atoms with van der Waals surface area (Å²) in [5, 5.41) is 0. The molecule has 2 bridgehead atoms. The van der Waals surface area contributed by atoms with Gasteiger partial charge in [-0.25, -0.2) is 0 Å². The van der Waals surface area contributed by atoms with Crippen LogP contribution in [-0.4, -0.2) is 48.3 Å². The molecule has 0 aromatic heterocycles. The first-order valence-electron chi connectivity index (χ1n) is 9.87. The van der Waals surface area contributed by atoms with Gasteiger partial charge in [-0.05, 0) is 33.1 Å². The maximum atomic E-state index is 12.2. The third-order valence-corrected chi connectivity index (χ3v) is 5.86. The number of hydrogen-bond acceptors (Lipinski definition) is 8. The number of carbonyl (C=O) groups is 4. The zero-order chi connectivity index (χ0) is 20.9. The van der Waals surface area contributed by atoms with Crippen LogP contribution >= 0.6 is 0 Å². The SMILES string of the molecule is CCC(C)C(=O)OCCOC(=O)CCC(=O)OC1(C)CCC2CC1(C)OC2=O. The lowest BCUT2D eigenvalue weighted by molar-refractivity contribution is -0.197. The molecule has 0 aromatic rings. The highest BCUT2D eigenvalue weighted by molar-refractivity contribution is 5.79. The second kappa shape index (κ2) is 8.92. The van der Waals surface area contributed by atoms with E-state index in [9.17, 15) is 19.2 Å². The molecule has 1 saturated carbocycles. The van der Waals surface area contributed by atoms with E-state index in [1.165, 1.54) is 0 Å². The third kappa shape index (κ3) is 5.02. The first-order valence-corrected chi connectivity index (χ1v) is 9.87. The fourth-order valence-corrected chi connectivity index (χ4v) is 3.50. The van der Waals surface area contributed by atoms with Crippen LogP contribution in [-0.2, 0) is 38.1 Å². The van der Waals surface area contributed by atoms with E-state index >= 15 is 0 Å². The molecule has 2 aliphatic rings. The lowest BCUT2D eigenvalue weighted by Crippen LogP contribution is -2.54. The first-order chi connectivity index (χ1) is 13.1. The first kappa shape index (κ1) is 22.2. The van der Waals surface area contributed by atoms with Gasteiger partial charge in [0.2, 0.25) is 0 Å². The Morgan fingerprint density at radius 1 is 1.14 bits per heavy atom. The number of hydrogen-bond donors (Lipinski definition) is 0. The number of fused-ring (bicyclic) bond motifs is 2. The van der Waals surface area contributed by atoms with Gasteiger partial charge in [0.1, 0.15) is 24.4 Å². The Morgan fingerprint density at radius 3 is 2.46 bits per heavy atom. The molecule has 158 valence electrons. The number of carbonyl (C=O) groups excluding carboxylic acids is 4. The molecule has 1 aliphatic heterocycles. The third-order valence-electron chi connectivity index (χ3n) is 5.86. The standard InChI is InChI=1S/C20H30O8/c1-5-13(2)17(23)26-11-10-25-15(21)6-7-16(22)27-19(3)9-8-14-12-20(19,4)28-18(14)24/h13-14H,5-12H2,1-4H3. The van der Waals surface area contributed by atoms with Crippen molar-refractivity contribution in [3.05, 3.63) is 0 Å². The minimum Gasteiger partial charge on any atom is -0.462 e. The Labute approximate surface area is 165 Å². The molecule has 28 heavy (non-hydrogen) atoms. The summed E-state index contributed by atoms with van der Waals surface area (Å²) in [5.74, 6) is -1.98. The smallest absolute Gasteiger partial charge is 0.309 e. The van der Waals surface area contributed by atoms with Crippen LogP contribution in [0.15, 0.2) is 0 Å². The lowest BCUT2D eigenvalue weighted by Gasteiger charge is -2.43. The molecule has 0 radical (unpaired) electrons. The largest absolute Gasteiger partial charge is 0.462 e. The molecule has 4 atom stereocenters. The van der Waals surface area contributed by atoms with E-state index in [0.717, 1.165) is 0 Å².